The van der Waals surface area contributed by atoms with Gasteiger partial charge in [0.2, 0.25) is 5.91 Å². The van der Waals surface area contributed by atoms with Crippen LogP contribution in [-0.2, 0) is 11.0 Å². The molecule has 2 unspecified atom stereocenters. The Bertz CT molecular complexity index is 1350. The molecule has 38 heavy (non-hydrogen) atoms. The first kappa shape index (κ1) is 29.6. The van der Waals surface area contributed by atoms with Gasteiger partial charge < -0.3 is 10.6 Å². The number of carbonyl (C=O) groups is 2. The third-order valence-corrected chi connectivity index (χ3v) is 6.53. The van der Waals surface area contributed by atoms with E-state index in [1.54, 1.807) is 0 Å². The molecule has 0 aromatic heterocycles. The summed E-state index contributed by atoms with van der Waals surface area (Å²) < 4.78 is 79.9. The van der Waals surface area contributed by atoms with E-state index in [-0.39, 0.29) is 39.3 Å². The molecule has 2 amide bonds. The van der Waals surface area contributed by atoms with Crippen LogP contribution in [0.15, 0.2) is 54.6 Å². The zero-order valence-corrected chi connectivity index (χ0v) is 21.3. The molecule has 0 aliphatic rings. The second kappa shape index (κ2) is 12.3. The van der Waals surface area contributed by atoms with Crippen LogP contribution in [0.4, 0.5) is 37.7 Å². The highest BCUT2D eigenvalue weighted by molar-refractivity contribution is 6.34. The minimum atomic E-state index is -4.90. The fourth-order valence-corrected chi connectivity index (χ4v) is 4.53. The number of rotatable bonds is 8. The molecule has 0 bridgehead atoms. The van der Waals surface area contributed by atoms with Crippen LogP contribution in [0.2, 0.25) is 5.02 Å². The van der Waals surface area contributed by atoms with Crippen molar-refractivity contribution in [3.05, 3.63) is 93.8 Å². The highest BCUT2D eigenvalue weighted by Gasteiger charge is 2.35. The molecule has 0 saturated heterocycles. The molecule has 0 radical (unpaired) electrons. The summed E-state index contributed by atoms with van der Waals surface area (Å²) in [7, 11) is 0. The van der Waals surface area contributed by atoms with E-state index in [2.05, 4.69) is 10.6 Å². The Hall–Kier alpha value is -2.95. The Balaban J connectivity index is 1.82. The van der Waals surface area contributed by atoms with Gasteiger partial charge in [-0.15, -0.1) is 23.2 Å². The summed E-state index contributed by atoms with van der Waals surface area (Å²) in [6.07, 6.45) is -4.90. The van der Waals surface area contributed by atoms with Gasteiger partial charge in [0.05, 0.1) is 27.8 Å². The number of benzene rings is 3. The van der Waals surface area contributed by atoms with Gasteiger partial charge in [0.25, 0.3) is 5.91 Å². The molecule has 0 aliphatic heterocycles. The first-order valence-electron chi connectivity index (χ1n) is 10.7. The molecule has 0 fully saturated rings. The normalized spacial score (nSPS) is 13.1. The zero-order chi connectivity index (χ0) is 28.2. The number of carbonyl (C=O) groups excluding carboxylic acids is 2. The smallest absolute Gasteiger partial charge is 0.326 e. The minimum Gasteiger partial charge on any atom is -0.326 e. The maximum absolute atomic E-state index is 14.1. The highest BCUT2D eigenvalue weighted by atomic mass is 35.5. The van der Waals surface area contributed by atoms with Crippen molar-refractivity contribution in [1.82, 2.24) is 0 Å². The summed E-state index contributed by atoms with van der Waals surface area (Å²) in [6, 6.07) is 8.60. The Morgan fingerprint density at radius 2 is 1.55 bits per heavy atom. The molecular weight excluding hydrogens is 581 g/mol. The summed E-state index contributed by atoms with van der Waals surface area (Å²) in [5.41, 5.74) is -1.82. The average Bonchev–Trinajstić information content (AvgIpc) is 2.84. The lowest BCUT2D eigenvalue weighted by Crippen LogP contribution is -2.31. The summed E-state index contributed by atoms with van der Waals surface area (Å²) in [6.45, 7) is 0. The molecule has 0 aliphatic carbocycles. The number of amides is 2. The monoisotopic (exact) mass is 596 g/mol. The van der Waals surface area contributed by atoms with Crippen molar-refractivity contribution in [1.29, 1.82) is 0 Å². The summed E-state index contributed by atoms with van der Waals surface area (Å²) in [5, 5.41) is 4.72. The number of nitrogens with one attached hydrogen (secondary N) is 2. The van der Waals surface area contributed by atoms with Crippen LogP contribution in [0.3, 0.4) is 0 Å². The number of anilines is 2. The lowest BCUT2D eigenvalue weighted by Gasteiger charge is -2.24. The number of alkyl halides is 5. The lowest BCUT2D eigenvalue weighted by atomic mass is 9.87. The largest absolute Gasteiger partial charge is 0.419 e. The molecular formula is C25H17Cl3F6N2O2. The molecule has 0 saturated carbocycles. The van der Waals surface area contributed by atoms with Gasteiger partial charge in [-0.1, -0.05) is 17.7 Å². The number of hydrogen-bond acceptors (Lipinski definition) is 2. The van der Waals surface area contributed by atoms with E-state index >= 15 is 0 Å². The molecule has 4 nitrogen and oxygen atoms in total. The highest BCUT2D eigenvalue weighted by Crippen LogP contribution is 2.35. The zero-order valence-electron chi connectivity index (χ0n) is 19.0. The second-order valence-electron chi connectivity index (χ2n) is 8.02. The molecule has 0 spiro atoms. The topological polar surface area (TPSA) is 58.2 Å². The first-order chi connectivity index (χ1) is 17.8. The molecule has 3 aromatic rings. The predicted octanol–water partition coefficient (Wildman–Crippen LogP) is 7.84. The quantitative estimate of drug-likeness (QED) is 0.205. The van der Waals surface area contributed by atoms with E-state index in [1.807, 2.05) is 0 Å². The van der Waals surface area contributed by atoms with Crippen molar-refractivity contribution in [3.8, 4) is 0 Å². The molecule has 0 heterocycles. The van der Waals surface area contributed by atoms with E-state index in [0.717, 1.165) is 18.2 Å². The minimum absolute atomic E-state index is 0.0313. The standard InChI is InChI=1S/C25H17Cl3F6N2O2/c26-10-16(12-1-4-18(20(30)7-12)25(32,33)34)17(11-27)24(38)35-14-3-5-19(28)15(9-14)23(37)36-22-6-2-13(29)8-21(22)31/h1-9,16-17H,10-11H2,(H,35,38)(H,36,37). The van der Waals surface area contributed by atoms with E-state index in [0.29, 0.717) is 18.2 Å². The molecule has 2 atom stereocenters. The van der Waals surface area contributed by atoms with Gasteiger partial charge in [-0.3, -0.25) is 9.59 Å². The third kappa shape index (κ3) is 6.92. The van der Waals surface area contributed by atoms with E-state index in [1.165, 1.54) is 18.2 Å². The van der Waals surface area contributed by atoms with E-state index in [9.17, 15) is 35.9 Å². The van der Waals surface area contributed by atoms with Crippen LogP contribution in [0.1, 0.15) is 27.4 Å². The van der Waals surface area contributed by atoms with Crippen LogP contribution < -0.4 is 10.6 Å². The predicted molar refractivity (Wildman–Crippen MR) is 133 cm³/mol. The Morgan fingerprint density at radius 3 is 2.13 bits per heavy atom. The fourth-order valence-electron chi connectivity index (χ4n) is 3.57. The van der Waals surface area contributed by atoms with Crippen LogP contribution in [0.25, 0.3) is 0 Å². The van der Waals surface area contributed by atoms with Gasteiger partial charge in [0, 0.05) is 29.4 Å². The van der Waals surface area contributed by atoms with Gasteiger partial charge in [-0.25, -0.2) is 13.2 Å². The Morgan fingerprint density at radius 1 is 0.842 bits per heavy atom. The lowest BCUT2D eigenvalue weighted by molar-refractivity contribution is -0.140. The number of halogens is 9. The van der Waals surface area contributed by atoms with Crippen LogP contribution in [0, 0.1) is 23.4 Å². The van der Waals surface area contributed by atoms with Crippen LogP contribution in [-0.4, -0.2) is 23.6 Å². The van der Waals surface area contributed by atoms with Crippen molar-refractivity contribution in [2.75, 3.05) is 22.4 Å². The first-order valence-corrected chi connectivity index (χ1v) is 12.2. The molecule has 202 valence electrons. The maximum Gasteiger partial charge on any atom is 0.419 e. The molecule has 2 N–H and O–H groups in total. The Kier molecular flexibility index (Phi) is 9.56. The molecule has 13 heteroatoms. The summed E-state index contributed by atoms with van der Waals surface area (Å²) >= 11 is 18.0. The SMILES string of the molecule is O=C(Nc1ccc(F)cc1F)c1cc(NC(=O)C(CCl)C(CCl)c2ccc(C(F)(F)F)c(F)c2)ccc1Cl. The van der Waals surface area contributed by atoms with Crippen molar-refractivity contribution in [2.24, 2.45) is 5.92 Å². The maximum atomic E-state index is 14.1. The van der Waals surface area contributed by atoms with Crippen molar-refractivity contribution in [3.63, 3.8) is 0 Å². The van der Waals surface area contributed by atoms with Gasteiger partial charge in [0.1, 0.15) is 17.5 Å². The van der Waals surface area contributed by atoms with E-state index in [4.69, 9.17) is 34.8 Å². The van der Waals surface area contributed by atoms with Crippen molar-refractivity contribution >= 4 is 58.0 Å². The molecule has 3 rings (SSSR count). The van der Waals surface area contributed by atoms with Crippen molar-refractivity contribution in [2.45, 2.75) is 12.1 Å². The van der Waals surface area contributed by atoms with Crippen molar-refractivity contribution < 1.29 is 35.9 Å². The van der Waals surface area contributed by atoms with Crippen LogP contribution in [0.5, 0.6) is 0 Å². The van der Waals surface area contributed by atoms with E-state index < -0.39 is 52.8 Å². The van der Waals surface area contributed by atoms with Gasteiger partial charge in [-0.05, 0) is 48.0 Å². The third-order valence-electron chi connectivity index (χ3n) is 5.54. The fraction of sp³-hybridized carbons (Fsp3) is 0.200. The van der Waals surface area contributed by atoms with Gasteiger partial charge in [-0.2, -0.15) is 13.2 Å². The molecule has 3 aromatic carbocycles. The number of hydrogen-bond donors (Lipinski definition) is 2. The van der Waals surface area contributed by atoms with Crippen LogP contribution >= 0.6 is 34.8 Å². The van der Waals surface area contributed by atoms with Gasteiger partial charge >= 0.3 is 6.18 Å². The second-order valence-corrected chi connectivity index (χ2v) is 9.05. The summed E-state index contributed by atoms with van der Waals surface area (Å²) in [5.74, 6) is -7.61. The average molecular weight is 598 g/mol. The summed E-state index contributed by atoms with van der Waals surface area (Å²) in [4.78, 5) is 25.7. The van der Waals surface area contributed by atoms with Gasteiger partial charge in [0.15, 0.2) is 0 Å². The Labute approximate surface area is 227 Å².